The van der Waals surface area contributed by atoms with Crippen LogP contribution >= 0.6 is 0 Å². The number of nitrogens with one attached hydrogen (secondary N) is 1. The Balaban J connectivity index is 1.86. The fraction of sp³-hybridized carbons (Fsp3) is 0.800. The van der Waals surface area contributed by atoms with E-state index in [0.717, 1.165) is 19.4 Å². The van der Waals surface area contributed by atoms with E-state index in [0.29, 0.717) is 12.1 Å². The lowest BCUT2D eigenvalue weighted by molar-refractivity contribution is 0.101. The summed E-state index contributed by atoms with van der Waals surface area (Å²) < 4.78 is 7.70. The summed E-state index contributed by atoms with van der Waals surface area (Å²) in [4.78, 5) is 0. The molecule has 1 aliphatic heterocycles. The zero-order valence-corrected chi connectivity index (χ0v) is 12.5. The van der Waals surface area contributed by atoms with E-state index in [1.807, 2.05) is 18.8 Å². The maximum Gasteiger partial charge on any atom is 0.0625 e. The van der Waals surface area contributed by atoms with E-state index in [1.165, 1.54) is 37.1 Å². The van der Waals surface area contributed by atoms with Crippen LogP contribution in [-0.4, -0.2) is 29.5 Å². The summed E-state index contributed by atoms with van der Waals surface area (Å²) >= 11 is 0. The Morgan fingerprint density at radius 2 is 2.42 bits per heavy atom. The van der Waals surface area contributed by atoms with Gasteiger partial charge in [-0.1, -0.05) is 6.92 Å². The molecule has 1 N–H and O–H groups in total. The molecule has 0 spiro atoms. The van der Waals surface area contributed by atoms with Gasteiger partial charge in [-0.3, -0.25) is 4.68 Å². The molecule has 4 nitrogen and oxygen atoms in total. The number of rotatable bonds is 7. The molecular weight excluding hydrogens is 238 g/mol. The average molecular weight is 265 g/mol. The summed E-state index contributed by atoms with van der Waals surface area (Å²) in [5.74, 6) is 0. The van der Waals surface area contributed by atoms with Crippen molar-refractivity contribution in [3.8, 4) is 0 Å². The zero-order valence-electron chi connectivity index (χ0n) is 12.5. The number of nitrogens with zero attached hydrogens (tertiary/aromatic N) is 2. The Kier molecular flexibility index (Phi) is 5.40. The van der Waals surface area contributed by atoms with E-state index in [-0.39, 0.29) is 0 Å². The van der Waals surface area contributed by atoms with Crippen LogP contribution in [0.1, 0.15) is 56.5 Å². The molecule has 1 aromatic heterocycles. The van der Waals surface area contributed by atoms with Crippen molar-refractivity contribution in [2.45, 2.75) is 57.6 Å². The lowest BCUT2D eigenvalue weighted by atomic mass is 10.0. The van der Waals surface area contributed by atoms with Gasteiger partial charge in [0.15, 0.2) is 0 Å². The first-order chi connectivity index (χ1) is 9.24. The SMILES string of the molecule is CCc1cc(C(CCCC2CCCO2)NC)n(C)n1. The third-order valence-electron chi connectivity index (χ3n) is 4.08. The highest BCUT2D eigenvalue weighted by atomic mass is 16.5. The average Bonchev–Trinajstić information content (AvgIpc) is 3.04. The van der Waals surface area contributed by atoms with Gasteiger partial charge in [-0.15, -0.1) is 0 Å². The summed E-state index contributed by atoms with van der Waals surface area (Å²) in [5.41, 5.74) is 2.48. The van der Waals surface area contributed by atoms with Crippen LogP contribution in [0.15, 0.2) is 6.07 Å². The quantitative estimate of drug-likeness (QED) is 0.823. The predicted octanol–water partition coefficient (Wildman–Crippen LogP) is 2.59. The Bertz CT molecular complexity index is 383. The Hall–Kier alpha value is -0.870. The van der Waals surface area contributed by atoms with Crippen LogP contribution in [0, 0.1) is 0 Å². The first kappa shape index (κ1) is 14.5. The van der Waals surface area contributed by atoms with E-state index in [9.17, 15) is 0 Å². The standard InChI is InChI=1S/C15H27N3O/c1-4-12-11-15(18(3)17-12)14(16-2)9-5-7-13-8-6-10-19-13/h11,13-14,16H,4-10H2,1-3H3. The molecule has 0 aromatic carbocycles. The molecule has 4 heteroatoms. The number of hydrogen-bond acceptors (Lipinski definition) is 3. The molecule has 0 amide bonds. The Morgan fingerprint density at radius 1 is 1.58 bits per heavy atom. The molecule has 1 saturated heterocycles. The highest BCUT2D eigenvalue weighted by Crippen LogP contribution is 2.23. The van der Waals surface area contributed by atoms with Crippen LogP contribution in [0.3, 0.4) is 0 Å². The Morgan fingerprint density at radius 3 is 3.00 bits per heavy atom. The fourth-order valence-corrected chi connectivity index (χ4v) is 2.90. The molecule has 1 aliphatic rings. The molecular formula is C15H27N3O. The largest absolute Gasteiger partial charge is 0.378 e. The summed E-state index contributed by atoms with van der Waals surface area (Å²) in [6.45, 7) is 3.11. The highest BCUT2D eigenvalue weighted by Gasteiger charge is 2.18. The normalized spacial score (nSPS) is 20.9. The molecule has 0 bridgehead atoms. The second-order valence-corrected chi connectivity index (χ2v) is 5.44. The van der Waals surface area contributed by atoms with E-state index in [1.54, 1.807) is 0 Å². The first-order valence-electron chi connectivity index (χ1n) is 7.56. The lowest BCUT2D eigenvalue weighted by Crippen LogP contribution is -2.20. The van der Waals surface area contributed by atoms with Gasteiger partial charge in [0.2, 0.25) is 0 Å². The van der Waals surface area contributed by atoms with Gasteiger partial charge in [-0.25, -0.2) is 0 Å². The molecule has 2 atom stereocenters. The first-order valence-corrected chi connectivity index (χ1v) is 7.56. The molecule has 0 aliphatic carbocycles. The molecule has 0 radical (unpaired) electrons. The minimum absolute atomic E-state index is 0.402. The van der Waals surface area contributed by atoms with Crippen LogP contribution < -0.4 is 5.32 Å². The molecule has 2 heterocycles. The molecule has 1 fully saturated rings. The van der Waals surface area contributed by atoms with Crippen LogP contribution in [0.2, 0.25) is 0 Å². The molecule has 0 saturated carbocycles. The molecule has 2 rings (SSSR count). The molecule has 108 valence electrons. The van der Waals surface area contributed by atoms with Crippen molar-refractivity contribution in [2.75, 3.05) is 13.7 Å². The van der Waals surface area contributed by atoms with Crippen molar-refractivity contribution in [2.24, 2.45) is 7.05 Å². The van der Waals surface area contributed by atoms with Gasteiger partial charge in [0.25, 0.3) is 0 Å². The number of ether oxygens (including phenoxy) is 1. The maximum atomic E-state index is 5.68. The molecule has 1 aromatic rings. The van der Waals surface area contributed by atoms with Crippen molar-refractivity contribution < 1.29 is 4.74 Å². The van der Waals surface area contributed by atoms with Gasteiger partial charge in [0.05, 0.1) is 17.5 Å². The highest BCUT2D eigenvalue weighted by molar-refractivity contribution is 5.14. The molecule has 19 heavy (non-hydrogen) atoms. The van der Waals surface area contributed by atoms with Gasteiger partial charge >= 0.3 is 0 Å². The van der Waals surface area contributed by atoms with E-state index >= 15 is 0 Å². The maximum absolute atomic E-state index is 5.68. The minimum atomic E-state index is 0.402. The number of aromatic nitrogens is 2. The van der Waals surface area contributed by atoms with Crippen LogP contribution in [-0.2, 0) is 18.2 Å². The van der Waals surface area contributed by atoms with Crippen molar-refractivity contribution in [3.05, 3.63) is 17.5 Å². The monoisotopic (exact) mass is 265 g/mol. The number of aryl methyl sites for hydroxylation is 2. The van der Waals surface area contributed by atoms with E-state index in [4.69, 9.17) is 4.74 Å². The Labute approximate surface area is 116 Å². The lowest BCUT2D eigenvalue weighted by Gasteiger charge is -2.17. The van der Waals surface area contributed by atoms with Crippen LogP contribution in [0.25, 0.3) is 0 Å². The zero-order chi connectivity index (χ0) is 13.7. The predicted molar refractivity (Wildman–Crippen MR) is 77.2 cm³/mol. The van der Waals surface area contributed by atoms with E-state index < -0.39 is 0 Å². The molecule has 2 unspecified atom stereocenters. The van der Waals surface area contributed by atoms with Gasteiger partial charge < -0.3 is 10.1 Å². The van der Waals surface area contributed by atoms with Gasteiger partial charge in [0, 0.05) is 19.7 Å². The smallest absolute Gasteiger partial charge is 0.0625 e. The summed E-state index contributed by atoms with van der Waals surface area (Å²) in [5, 5.41) is 7.96. The fourth-order valence-electron chi connectivity index (χ4n) is 2.90. The minimum Gasteiger partial charge on any atom is -0.378 e. The van der Waals surface area contributed by atoms with Gasteiger partial charge in [-0.2, -0.15) is 5.10 Å². The summed E-state index contributed by atoms with van der Waals surface area (Å²) in [6.07, 6.45) is 7.55. The van der Waals surface area contributed by atoms with Crippen molar-refractivity contribution in [3.63, 3.8) is 0 Å². The van der Waals surface area contributed by atoms with Gasteiger partial charge in [0.1, 0.15) is 0 Å². The third-order valence-corrected chi connectivity index (χ3v) is 4.08. The summed E-state index contributed by atoms with van der Waals surface area (Å²) in [6, 6.07) is 2.63. The second kappa shape index (κ2) is 7.06. The van der Waals surface area contributed by atoms with Gasteiger partial charge in [-0.05, 0) is 51.6 Å². The van der Waals surface area contributed by atoms with Crippen molar-refractivity contribution >= 4 is 0 Å². The van der Waals surface area contributed by atoms with E-state index in [2.05, 4.69) is 23.4 Å². The summed E-state index contributed by atoms with van der Waals surface area (Å²) in [7, 11) is 4.08. The van der Waals surface area contributed by atoms with Crippen molar-refractivity contribution in [1.82, 2.24) is 15.1 Å². The third kappa shape index (κ3) is 3.80. The van der Waals surface area contributed by atoms with Crippen LogP contribution in [0.5, 0.6) is 0 Å². The van der Waals surface area contributed by atoms with Crippen LogP contribution in [0.4, 0.5) is 0 Å². The number of hydrogen-bond donors (Lipinski definition) is 1. The topological polar surface area (TPSA) is 39.1 Å². The second-order valence-electron chi connectivity index (χ2n) is 5.44. The van der Waals surface area contributed by atoms with Crippen molar-refractivity contribution in [1.29, 1.82) is 0 Å².